The molecule has 9 rings (SSSR count). The van der Waals surface area contributed by atoms with Gasteiger partial charge in [-0.3, -0.25) is 9.36 Å². The van der Waals surface area contributed by atoms with Gasteiger partial charge in [0.1, 0.15) is 0 Å². The first kappa shape index (κ1) is 20.5. The predicted octanol–water partition coefficient (Wildman–Crippen LogP) is 5.40. The highest BCUT2D eigenvalue weighted by molar-refractivity contribution is 7.00. The van der Waals surface area contributed by atoms with Crippen LogP contribution in [-0.2, 0) is 5.41 Å². The molecular weight excluding hydrogens is 463 g/mol. The Morgan fingerprint density at radius 3 is 2.13 bits per heavy atom. The average molecular weight is 486 g/mol. The molecule has 0 spiro atoms. The molecule has 4 heteroatoms. The van der Waals surface area contributed by atoms with Gasteiger partial charge in [0.15, 0.2) is 0 Å². The van der Waals surface area contributed by atoms with E-state index in [4.69, 9.17) is 0 Å². The van der Waals surface area contributed by atoms with Crippen molar-refractivity contribution in [1.82, 2.24) is 4.57 Å². The second-order valence-corrected chi connectivity index (χ2v) is 11.3. The third-order valence-electron chi connectivity index (χ3n) is 9.18. The lowest BCUT2D eigenvalue weighted by molar-refractivity contribution is 0.632. The molecule has 0 atom stereocenters. The van der Waals surface area contributed by atoms with Gasteiger partial charge in [-0.1, -0.05) is 92.7 Å². The minimum atomic E-state index is -0.126. The van der Waals surface area contributed by atoms with E-state index in [0.29, 0.717) is 0 Å². The van der Waals surface area contributed by atoms with Crippen LogP contribution in [0.1, 0.15) is 25.0 Å². The summed E-state index contributed by atoms with van der Waals surface area (Å²) in [4.78, 5) is 16.6. The fraction of sp³-hybridized carbons (Fsp3) is 0.0882. The zero-order valence-corrected chi connectivity index (χ0v) is 21.2. The first-order valence-electron chi connectivity index (χ1n) is 13.3. The fourth-order valence-electron chi connectivity index (χ4n) is 7.58. The Bertz CT molecular complexity index is 2110. The molecule has 0 bridgehead atoms. The highest BCUT2D eigenvalue weighted by Gasteiger charge is 2.46. The maximum atomic E-state index is 14.1. The Balaban J connectivity index is 1.51. The van der Waals surface area contributed by atoms with Crippen molar-refractivity contribution in [1.29, 1.82) is 0 Å². The molecule has 0 unspecified atom stereocenters. The van der Waals surface area contributed by atoms with Crippen LogP contribution in [0, 0.1) is 0 Å². The van der Waals surface area contributed by atoms with Crippen molar-refractivity contribution in [3.63, 3.8) is 0 Å². The van der Waals surface area contributed by atoms with E-state index >= 15 is 0 Å². The third kappa shape index (κ3) is 2.19. The minimum Gasteiger partial charge on any atom is -0.311 e. The average Bonchev–Trinajstić information content (AvgIpc) is 2.95. The number of para-hydroxylation sites is 3. The highest BCUT2D eigenvalue weighted by atomic mass is 16.1. The number of hydrogen-bond donors (Lipinski definition) is 0. The molecule has 178 valence electrons. The van der Waals surface area contributed by atoms with Crippen LogP contribution < -0.4 is 26.8 Å². The van der Waals surface area contributed by atoms with Gasteiger partial charge in [0.05, 0.1) is 11.2 Å². The smallest absolute Gasteiger partial charge is 0.263 e. The lowest BCUT2D eigenvalue weighted by Crippen LogP contribution is -2.62. The predicted molar refractivity (Wildman–Crippen MR) is 159 cm³/mol. The molecular formula is C34H23BN2O. The summed E-state index contributed by atoms with van der Waals surface area (Å²) < 4.78 is 1.98. The Labute approximate surface area is 220 Å². The molecule has 3 aliphatic rings. The molecule has 0 N–H and O–H groups in total. The Kier molecular flexibility index (Phi) is 3.58. The summed E-state index contributed by atoms with van der Waals surface area (Å²) in [7, 11) is 0. The van der Waals surface area contributed by atoms with E-state index in [-0.39, 0.29) is 17.7 Å². The van der Waals surface area contributed by atoms with Crippen LogP contribution in [0.3, 0.4) is 0 Å². The molecule has 3 nitrogen and oxygen atoms in total. The molecule has 0 amide bonds. The van der Waals surface area contributed by atoms with Gasteiger partial charge in [0.25, 0.3) is 12.3 Å². The van der Waals surface area contributed by atoms with Crippen molar-refractivity contribution in [3.8, 4) is 5.69 Å². The largest absolute Gasteiger partial charge is 0.311 e. The Hall–Kier alpha value is -4.57. The number of fused-ring (bicyclic) bond motifs is 8. The lowest BCUT2D eigenvalue weighted by Gasteiger charge is -2.48. The molecule has 1 aromatic heterocycles. The number of aromatic nitrogens is 1. The van der Waals surface area contributed by atoms with Crippen LogP contribution in [0.2, 0.25) is 0 Å². The zero-order valence-electron chi connectivity index (χ0n) is 21.2. The van der Waals surface area contributed by atoms with Gasteiger partial charge in [0, 0.05) is 33.2 Å². The summed E-state index contributed by atoms with van der Waals surface area (Å²) in [5.74, 6) is 0. The van der Waals surface area contributed by atoms with Gasteiger partial charge in [-0.25, -0.2) is 0 Å². The molecule has 0 fully saturated rings. The lowest BCUT2D eigenvalue weighted by atomic mass is 9.33. The van der Waals surface area contributed by atoms with Gasteiger partial charge in [-0.2, -0.15) is 0 Å². The van der Waals surface area contributed by atoms with Gasteiger partial charge in [0.2, 0.25) is 0 Å². The third-order valence-corrected chi connectivity index (χ3v) is 9.18. The summed E-state index contributed by atoms with van der Waals surface area (Å²) in [5.41, 5.74) is 12.0. The normalized spacial score (nSPS) is 15.3. The number of pyridine rings is 1. The number of anilines is 3. The van der Waals surface area contributed by atoms with Gasteiger partial charge in [-0.05, 0) is 57.2 Å². The van der Waals surface area contributed by atoms with Crippen molar-refractivity contribution >= 4 is 61.8 Å². The summed E-state index contributed by atoms with van der Waals surface area (Å²) >= 11 is 0. The van der Waals surface area contributed by atoms with Crippen LogP contribution in [-0.4, -0.2) is 11.3 Å². The van der Waals surface area contributed by atoms with Crippen molar-refractivity contribution in [3.05, 3.63) is 125 Å². The standard InChI is InChI=1S/C34H23BN2O/c1-34(2)23-13-5-6-17-27(23)36-28-18-9-19-29-30(28)35(26-16-8-14-24(34)32(26)36)25-15-7-12-21-20-10-3-4-11-22(20)33(38)37(29)31(21)25/h3-19H,1-2H3. The number of rotatable bonds is 0. The first-order valence-corrected chi connectivity index (χ1v) is 13.3. The second kappa shape index (κ2) is 6.65. The number of hydrogen-bond acceptors (Lipinski definition) is 2. The van der Waals surface area contributed by atoms with Crippen molar-refractivity contribution < 1.29 is 0 Å². The molecule has 0 saturated heterocycles. The van der Waals surface area contributed by atoms with Crippen LogP contribution in [0.5, 0.6) is 0 Å². The number of benzene rings is 5. The molecule has 0 saturated carbocycles. The first-order chi connectivity index (χ1) is 18.6. The van der Waals surface area contributed by atoms with Gasteiger partial charge >= 0.3 is 0 Å². The maximum absolute atomic E-state index is 14.1. The van der Waals surface area contributed by atoms with E-state index < -0.39 is 0 Å². The quantitative estimate of drug-likeness (QED) is 0.212. The van der Waals surface area contributed by atoms with Crippen molar-refractivity contribution in [2.45, 2.75) is 19.3 Å². The van der Waals surface area contributed by atoms with E-state index in [1.54, 1.807) is 0 Å². The summed E-state index contributed by atoms with van der Waals surface area (Å²) in [6, 6.07) is 36.7. The van der Waals surface area contributed by atoms with Crippen LogP contribution in [0.15, 0.2) is 108 Å². The van der Waals surface area contributed by atoms with Crippen LogP contribution in [0.4, 0.5) is 17.1 Å². The SMILES string of the molecule is CC1(C)c2ccccc2N2c3cccc4c3B(c3cccc1c32)c1cccc2c3ccccc3c(=O)n-4c12. The van der Waals surface area contributed by atoms with E-state index in [1.165, 1.54) is 38.9 Å². The molecule has 5 aromatic carbocycles. The van der Waals surface area contributed by atoms with Gasteiger partial charge < -0.3 is 4.90 Å². The summed E-state index contributed by atoms with van der Waals surface area (Å²) in [6.07, 6.45) is 0. The van der Waals surface area contributed by atoms with Crippen molar-refractivity contribution in [2.24, 2.45) is 0 Å². The maximum Gasteiger partial charge on any atom is 0.263 e. The minimum absolute atomic E-state index is 0.0483. The molecule has 38 heavy (non-hydrogen) atoms. The molecule has 4 heterocycles. The van der Waals surface area contributed by atoms with E-state index in [1.807, 2.05) is 22.8 Å². The van der Waals surface area contributed by atoms with E-state index in [0.717, 1.165) is 33.1 Å². The van der Waals surface area contributed by atoms with Crippen molar-refractivity contribution in [2.75, 3.05) is 4.90 Å². The molecule has 6 aromatic rings. The van der Waals surface area contributed by atoms with Gasteiger partial charge in [-0.15, -0.1) is 0 Å². The zero-order chi connectivity index (χ0) is 25.3. The molecule has 3 aliphatic heterocycles. The Morgan fingerprint density at radius 2 is 1.24 bits per heavy atom. The molecule has 0 aliphatic carbocycles. The van der Waals surface area contributed by atoms with E-state index in [2.05, 4.69) is 104 Å². The number of nitrogens with zero attached hydrogens (tertiary/aromatic N) is 2. The Morgan fingerprint density at radius 1 is 0.605 bits per heavy atom. The van der Waals surface area contributed by atoms with Crippen LogP contribution in [0.25, 0.3) is 27.4 Å². The highest BCUT2D eigenvalue weighted by Crippen LogP contribution is 2.52. The monoisotopic (exact) mass is 486 g/mol. The topological polar surface area (TPSA) is 25.2 Å². The molecule has 0 radical (unpaired) electrons. The summed E-state index contributed by atoms with van der Waals surface area (Å²) in [6.45, 7) is 4.73. The fourth-order valence-corrected chi connectivity index (χ4v) is 7.58. The second-order valence-electron chi connectivity index (χ2n) is 11.3. The van der Waals surface area contributed by atoms with E-state index in [9.17, 15) is 4.79 Å². The summed E-state index contributed by atoms with van der Waals surface area (Å²) in [5, 5.41) is 2.91. The van der Waals surface area contributed by atoms with Crippen LogP contribution >= 0.6 is 0 Å².